The monoisotopic (exact) mass is 296 g/mol. The highest BCUT2D eigenvalue weighted by molar-refractivity contribution is 7.87. The highest BCUT2D eigenvalue weighted by Crippen LogP contribution is 2.27. The third kappa shape index (κ3) is 3.08. The fourth-order valence-electron chi connectivity index (χ4n) is 1.55. The highest BCUT2D eigenvalue weighted by atomic mass is 35.5. The normalized spacial score (nSPS) is 11.3. The number of hydrogen-bond donors (Lipinski definition) is 0. The molecule has 0 radical (unpaired) electrons. The van der Waals surface area contributed by atoms with E-state index in [-0.39, 0.29) is 10.6 Å². The van der Waals surface area contributed by atoms with Crippen molar-refractivity contribution in [2.75, 3.05) is 0 Å². The van der Waals surface area contributed by atoms with Crippen LogP contribution in [0.4, 0.5) is 0 Å². The van der Waals surface area contributed by atoms with E-state index in [1.165, 1.54) is 12.1 Å². The Kier molecular flexibility index (Phi) is 3.83. The van der Waals surface area contributed by atoms with Gasteiger partial charge in [-0.1, -0.05) is 35.4 Å². The molecule has 19 heavy (non-hydrogen) atoms. The van der Waals surface area contributed by atoms with E-state index in [0.29, 0.717) is 10.6 Å². The second-order valence-corrected chi connectivity index (χ2v) is 6.17. The molecule has 0 amide bonds. The lowest BCUT2D eigenvalue weighted by atomic mass is 10.2. The largest absolute Gasteiger partial charge is 0.379 e. The van der Waals surface area contributed by atoms with Gasteiger partial charge in [-0.25, -0.2) is 0 Å². The van der Waals surface area contributed by atoms with E-state index >= 15 is 0 Å². The van der Waals surface area contributed by atoms with Gasteiger partial charge in [-0.3, -0.25) is 0 Å². The minimum Gasteiger partial charge on any atom is -0.379 e. The van der Waals surface area contributed by atoms with Gasteiger partial charge < -0.3 is 4.18 Å². The maximum absolute atomic E-state index is 12.1. The molecule has 0 aliphatic carbocycles. The van der Waals surface area contributed by atoms with Gasteiger partial charge >= 0.3 is 10.1 Å². The average molecular weight is 297 g/mol. The van der Waals surface area contributed by atoms with Gasteiger partial charge in [0.05, 0.1) is 0 Å². The molecule has 2 aromatic rings. The predicted molar refractivity (Wildman–Crippen MR) is 75.2 cm³/mol. The standard InChI is InChI=1S/C14H13ClO3S/c1-10-6-8-12(9-7-10)19(16,17)18-14-5-3-4-13(15)11(14)2/h3-9H,1-2H3. The topological polar surface area (TPSA) is 43.4 Å². The molecule has 2 aromatic carbocycles. The summed E-state index contributed by atoms with van der Waals surface area (Å²) < 4.78 is 29.3. The Bertz CT molecular complexity index is 691. The van der Waals surface area contributed by atoms with E-state index in [1.807, 2.05) is 6.92 Å². The second kappa shape index (κ2) is 5.23. The molecule has 0 spiro atoms. The van der Waals surface area contributed by atoms with Crippen molar-refractivity contribution < 1.29 is 12.6 Å². The van der Waals surface area contributed by atoms with Crippen molar-refractivity contribution in [3.63, 3.8) is 0 Å². The van der Waals surface area contributed by atoms with Crippen LogP contribution in [0.25, 0.3) is 0 Å². The number of hydrogen-bond acceptors (Lipinski definition) is 3. The van der Waals surface area contributed by atoms with Crippen LogP contribution in [0, 0.1) is 13.8 Å². The van der Waals surface area contributed by atoms with E-state index in [2.05, 4.69) is 0 Å². The second-order valence-electron chi connectivity index (χ2n) is 4.21. The summed E-state index contributed by atoms with van der Waals surface area (Å²) in [7, 11) is -3.83. The van der Waals surface area contributed by atoms with Gasteiger partial charge in [0.1, 0.15) is 10.6 Å². The van der Waals surface area contributed by atoms with Gasteiger partial charge in [0.15, 0.2) is 0 Å². The van der Waals surface area contributed by atoms with Crippen LogP contribution in [-0.2, 0) is 10.1 Å². The predicted octanol–water partition coefficient (Wildman–Crippen LogP) is 3.72. The molecular weight excluding hydrogens is 284 g/mol. The summed E-state index contributed by atoms with van der Waals surface area (Å²) >= 11 is 5.93. The van der Waals surface area contributed by atoms with Crippen LogP contribution < -0.4 is 4.18 Å². The lowest BCUT2D eigenvalue weighted by molar-refractivity contribution is 0.484. The first-order chi connectivity index (χ1) is 8.90. The van der Waals surface area contributed by atoms with Crippen LogP contribution in [0.3, 0.4) is 0 Å². The molecular formula is C14H13ClO3S. The van der Waals surface area contributed by atoms with Crippen LogP contribution in [0.1, 0.15) is 11.1 Å². The van der Waals surface area contributed by atoms with E-state index < -0.39 is 10.1 Å². The summed E-state index contributed by atoms with van der Waals surface area (Å²) in [5.41, 5.74) is 1.58. The Morgan fingerprint density at radius 1 is 1.00 bits per heavy atom. The van der Waals surface area contributed by atoms with Crippen molar-refractivity contribution in [1.29, 1.82) is 0 Å². The maximum Gasteiger partial charge on any atom is 0.339 e. The SMILES string of the molecule is Cc1ccc(S(=O)(=O)Oc2cccc(Cl)c2C)cc1. The minimum atomic E-state index is -3.83. The zero-order chi connectivity index (χ0) is 14.0. The Hall–Kier alpha value is -1.52. The number of benzene rings is 2. The summed E-state index contributed by atoms with van der Waals surface area (Å²) in [6, 6.07) is 11.4. The Labute approximate surface area is 117 Å². The molecule has 0 aliphatic rings. The van der Waals surface area contributed by atoms with E-state index in [9.17, 15) is 8.42 Å². The van der Waals surface area contributed by atoms with Gasteiger partial charge in [-0.15, -0.1) is 0 Å². The van der Waals surface area contributed by atoms with Crippen LogP contribution in [0.2, 0.25) is 5.02 Å². The molecule has 0 heterocycles. The minimum absolute atomic E-state index is 0.123. The van der Waals surface area contributed by atoms with E-state index in [4.69, 9.17) is 15.8 Å². The molecule has 0 aliphatic heterocycles. The molecule has 2 rings (SSSR count). The van der Waals surface area contributed by atoms with Gasteiger partial charge in [0.25, 0.3) is 0 Å². The third-order valence-corrected chi connectivity index (χ3v) is 4.39. The van der Waals surface area contributed by atoms with Gasteiger partial charge in [-0.05, 0) is 38.1 Å². The Morgan fingerprint density at radius 3 is 2.26 bits per heavy atom. The Morgan fingerprint density at radius 2 is 1.63 bits per heavy atom. The fourth-order valence-corrected chi connectivity index (χ4v) is 2.70. The fraction of sp³-hybridized carbons (Fsp3) is 0.143. The van der Waals surface area contributed by atoms with Crippen LogP contribution in [0.15, 0.2) is 47.4 Å². The van der Waals surface area contributed by atoms with Crippen LogP contribution in [-0.4, -0.2) is 8.42 Å². The molecule has 3 nitrogen and oxygen atoms in total. The first-order valence-corrected chi connectivity index (χ1v) is 7.45. The molecule has 0 fully saturated rings. The Balaban J connectivity index is 2.36. The van der Waals surface area contributed by atoms with Crippen LogP contribution >= 0.6 is 11.6 Å². The summed E-state index contributed by atoms with van der Waals surface area (Å²) in [5.74, 6) is 0.244. The lowest BCUT2D eigenvalue weighted by Gasteiger charge is -2.10. The summed E-state index contributed by atoms with van der Waals surface area (Å²) in [4.78, 5) is 0.123. The molecule has 100 valence electrons. The van der Waals surface area contributed by atoms with Gasteiger partial charge in [-0.2, -0.15) is 8.42 Å². The number of halogens is 1. The van der Waals surface area contributed by atoms with Crippen molar-refractivity contribution in [3.05, 3.63) is 58.6 Å². The smallest absolute Gasteiger partial charge is 0.339 e. The van der Waals surface area contributed by atoms with Gasteiger partial charge in [0.2, 0.25) is 0 Å². The van der Waals surface area contributed by atoms with Crippen molar-refractivity contribution >= 4 is 21.7 Å². The third-order valence-electron chi connectivity index (χ3n) is 2.73. The molecule has 0 bridgehead atoms. The van der Waals surface area contributed by atoms with E-state index in [0.717, 1.165) is 5.56 Å². The molecule has 5 heteroatoms. The van der Waals surface area contributed by atoms with E-state index in [1.54, 1.807) is 37.3 Å². The summed E-state index contributed by atoms with van der Waals surface area (Å²) in [6.45, 7) is 3.60. The first kappa shape index (κ1) is 13.9. The molecule has 0 aromatic heterocycles. The summed E-state index contributed by atoms with van der Waals surface area (Å²) in [6.07, 6.45) is 0. The molecule has 0 unspecified atom stereocenters. The van der Waals surface area contributed by atoms with Crippen molar-refractivity contribution in [2.45, 2.75) is 18.7 Å². The molecule has 0 atom stereocenters. The number of rotatable bonds is 3. The van der Waals surface area contributed by atoms with Crippen molar-refractivity contribution in [2.24, 2.45) is 0 Å². The average Bonchev–Trinajstić information content (AvgIpc) is 2.35. The molecule has 0 saturated heterocycles. The zero-order valence-electron chi connectivity index (χ0n) is 10.6. The first-order valence-electron chi connectivity index (χ1n) is 5.66. The zero-order valence-corrected chi connectivity index (χ0v) is 12.1. The highest BCUT2D eigenvalue weighted by Gasteiger charge is 2.18. The maximum atomic E-state index is 12.1. The van der Waals surface area contributed by atoms with Gasteiger partial charge in [0, 0.05) is 10.6 Å². The van der Waals surface area contributed by atoms with Crippen LogP contribution in [0.5, 0.6) is 5.75 Å². The lowest BCUT2D eigenvalue weighted by Crippen LogP contribution is -2.10. The molecule has 0 N–H and O–H groups in total. The quantitative estimate of drug-likeness (QED) is 0.811. The van der Waals surface area contributed by atoms with Crippen molar-refractivity contribution in [3.8, 4) is 5.75 Å². The molecule has 0 saturated carbocycles. The van der Waals surface area contributed by atoms with Crippen molar-refractivity contribution in [1.82, 2.24) is 0 Å². The number of aryl methyl sites for hydroxylation is 1. The summed E-state index contributed by atoms with van der Waals surface area (Å²) in [5, 5.41) is 0.469.